The molecule has 108 valence electrons. The van der Waals surface area contributed by atoms with E-state index in [9.17, 15) is 4.79 Å². The van der Waals surface area contributed by atoms with Crippen LogP contribution in [0.25, 0.3) is 0 Å². The Morgan fingerprint density at radius 3 is 2.76 bits per heavy atom. The molecule has 0 amide bonds. The van der Waals surface area contributed by atoms with Gasteiger partial charge in [0.2, 0.25) is 0 Å². The Morgan fingerprint density at radius 2 is 2.10 bits per heavy atom. The smallest absolute Gasteiger partial charge is 0.331 e. The zero-order chi connectivity index (χ0) is 14.7. The lowest BCUT2D eigenvalue weighted by atomic mass is 10.1. The van der Waals surface area contributed by atoms with Crippen molar-refractivity contribution in [2.45, 2.75) is 12.1 Å². The first-order valence-corrected chi connectivity index (χ1v) is 6.59. The Bertz CT molecular complexity index is 648. The highest BCUT2D eigenvalue weighted by Gasteiger charge is 2.30. The van der Waals surface area contributed by atoms with Gasteiger partial charge < -0.3 is 19.2 Å². The second-order valence-corrected chi connectivity index (χ2v) is 4.60. The van der Waals surface area contributed by atoms with Crippen LogP contribution in [0.2, 0.25) is 0 Å². The largest absolute Gasteiger partial charge is 0.495 e. The molecule has 2 atom stereocenters. The molecular formula is C16H15NO4. The lowest BCUT2D eigenvalue weighted by molar-refractivity contribution is -0.139. The first-order chi connectivity index (χ1) is 10.3. The number of anilines is 1. The second-order valence-electron chi connectivity index (χ2n) is 4.60. The van der Waals surface area contributed by atoms with Crippen molar-refractivity contribution in [1.29, 1.82) is 0 Å². The minimum absolute atomic E-state index is 0.320. The standard InChI is InChI=1S/C16H15NO4/c1-19-12-6-3-2-5-11(12)17-16(13-7-4-10-20-13)14-8-9-15(18)21-14/h2-10,14,16-17H,1H3/t14-,16+/m1/s1. The number of esters is 1. The number of furan rings is 1. The third-order valence-electron chi connectivity index (χ3n) is 3.27. The van der Waals surface area contributed by atoms with Crippen LogP contribution >= 0.6 is 0 Å². The van der Waals surface area contributed by atoms with E-state index in [1.54, 1.807) is 25.5 Å². The maximum absolute atomic E-state index is 11.3. The van der Waals surface area contributed by atoms with E-state index in [2.05, 4.69) is 5.32 Å². The molecule has 0 aliphatic carbocycles. The summed E-state index contributed by atoms with van der Waals surface area (Å²) in [7, 11) is 1.61. The van der Waals surface area contributed by atoms with E-state index >= 15 is 0 Å². The summed E-state index contributed by atoms with van der Waals surface area (Å²) in [5.41, 5.74) is 0.803. The van der Waals surface area contributed by atoms with Crippen molar-refractivity contribution in [1.82, 2.24) is 0 Å². The van der Waals surface area contributed by atoms with Gasteiger partial charge in [-0.3, -0.25) is 0 Å². The molecule has 1 N–H and O–H groups in total. The summed E-state index contributed by atoms with van der Waals surface area (Å²) in [5, 5.41) is 3.32. The molecule has 0 fully saturated rings. The number of cyclic esters (lactones) is 1. The van der Waals surface area contributed by atoms with Crippen molar-refractivity contribution in [2.24, 2.45) is 0 Å². The molecule has 0 bridgehead atoms. The van der Waals surface area contributed by atoms with E-state index in [1.807, 2.05) is 30.3 Å². The van der Waals surface area contributed by atoms with Crippen LogP contribution in [0.5, 0.6) is 5.75 Å². The van der Waals surface area contributed by atoms with E-state index < -0.39 is 6.10 Å². The molecule has 5 nitrogen and oxygen atoms in total. The Labute approximate surface area is 122 Å². The number of carbonyl (C=O) groups is 1. The molecule has 1 aliphatic rings. The van der Waals surface area contributed by atoms with Crippen molar-refractivity contribution in [2.75, 3.05) is 12.4 Å². The van der Waals surface area contributed by atoms with E-state index in [4.69, 9.17) is 13.9 Å². The molecular weight excluding hydrogens is 270 g/mol. The molecule has 5 heteroatoms. The molecule has 2 aromatic rings. The average Bonchev–Trinajstić information content (AvgIpc) is 3.17. The number of methoxy groups -OCH3 is 1. The molecule has 0 radical (unpaired) electrons. The van der Waals surface area contributed by atoms with Gasteiger partial charge in [-0.05, 0) is 30.3 Å². The van der Waals surface area contributed by atoms with Crippen LogP contribution in [0.4, 0.5) is 5.69 Å². The number of ether oxygens (including phenoxy) is 2. The number of benzene rings is 1. The molecule has 0 saturated carbocycles. The third kappa shape index (κ3) is 2.76. The summed E-state index contributed by atoms with van der Waals surface area (Å²) in [4.78, 5) is 11.3. The topological polar surface area (TPSA) is 60.7 Å². The lowest BCUT2D eigenvalue weighted by Gasteiger charge is -2.23. The van der Waals surface area contributed by atoms with Gasteiger partial charge >= 0.3 is 5.97 Å². The normalized spacial score (nSPS) is 18.3. The average molecular weight is 285 g/mol. The lowest BCUT2D eigenvalue weighted by Crippen LogP contribution is -2.25. The van der Waals surface area contributed by atoms with Gasteiger partial charge in [0, 0.05) is 6.08 Å². The van der Waals surface area contributed by atoms with E-state index in [-0.39, 0.29) is 12.0 Å². The Kier molecular flexibility index (Phi) is 3.64. The highest BCUT2D eigenvalue weighted by atomic mass is 16.5. The highest BCUT2D eigenvalue weighted by Crippen LogP contribution is 2.32. The molecule has 1 aromatic heterocycles. The molecule has 0 saturated heterocycles. The second kappa shape index (κ2) is 5.75. The molecule has 1 aliphatic heterocycles. The van der Waals surface area contributed by atoms with Crippen LogP contribution in [0, 0.1) is 0 Å². The Morgan fingerprint density at radius 1 is 1.24 bits per heavy atom. The number of hydrogen-bond donors (Lipinski definition) is 1. The predicted molar refractivity (Wildman–Crippen MR) is 77.1 cm³/mol. The molecule has 3 rings (SSSR count). The Hall–Kier alpha value is -2.69. The zero-order valence-corrected chi connectivity index (χ0v) is 11.5. The summed E-state index contributed by atoms with van der Waals surface area (Å²) in [6.07, 6.45) is 4.31. The fourth-order valence-corrected chi connectivity index (χ4v) is 2.28. The summed E-state index contributed by atoms with van der Waals surface area (Å²) in [6.45, 7) is 0. The van der Waals surface area contributed by atoms with E-state index in [0.29, 0.717) is 11.5 Å². The predicted octanol–water partition coefficient (Wildman–Crippen LogP) is 2.92. The van der Waals surface area contributed by atoms with Gasteiger partial charge in [0.1, 0.15) is 23.7 Å². The van der Waals surface area contributed by atoms with Crippen LogP contribution < -0.4 is 10.1 Å². The maximum atomic E-state index is 11.3. The van der Waals surface area contributed by atoms with Gasteiger partial charge in [-0.15, -0.1) is 0 Å². The molecule has 0 spiro atoms. The molecule has 1 aromatic carbocycles. The van der Waals surface area contributed by atoms with Crippen molar-refractivity contribution >= 4 is 11.7 Å². The van der Waals surface area contributed by atoms with Gasteiger partial charge in [0.15, 0.2) is 0 Å². The number of carbonyl (C=O) groups excluding carboxylic acids is 1. The first-order valence-electron chi connectivity index (χ1n) is 6.59. The van der Waals surface area contributed by atoms with Crippen molar-refractivity contribution < 1.29 is 18.7 Å². The third-order valence-corrected chi connectivity index (χ3v) is 3.27. The summed E-state index contributed by atoms with van der Waals surface area (Å²) < 4.78 is 16.1. The number of rotatable bonds is 5. The van der Waals surface area contributed by atoms with Crippen LogP contribution in [-0.2, 0) is 9.53 Å². The maximum Gasteiger partial charge on any atom is 0.331 e. The highest BCUT2D eigenvalue weighted by molar-refractivity contribution is 5.84. The fraction of sp³-hybridized carbons (Fsp3) is 0.188. The van der Waals surface area contributed by atoms with Crippen LogP contribution in [-0.4, -0.2) is 19.2 Å². The molecule has 21 heavy (non-hydrogen) atoms. The molecule has 0 unspecified atom stereocenters. The number of para-hydroxylation sites is 2. The number of hydrogen-bond acceptors (Lipinski definition) is 5. The van der Waals surface area contributed by atoms with Crippen LogP contribution in [0.3, 0.4) is 0 Å². The Balaban J connectivity index is 1.89. The zero-order valence-electron chi connectivity index (χ0n) is 11.5. The monoisotopic (exact) mass is 285 g/mol. The van der Waals surface area contributed by atoms with Crippen molar-refractivity contribution in [3.63, 3.8) is 0 Å². The minimum atomic E-state index is -0.423. The van der Waals surface area contributed by atoms with Gasteiger partial charge in [-0.1, -0.05) is 12.1 Å². The number of nitrogens with one attached hydrogen (secondary N) is 1. The quantitative estimate of drug-likeness (QED) is 0.856. The van der Waals surface area contributed by atoms with Gasteiger partial charge in [0.05, 0.1) is 19.1 Å². The summed E-state index contributed by atoms with van der Waals surface area (Å²) in [6, 6.07) is 10.9. The van der Waals surface area contributed by atoms with Gasteiger partial charge in [-0.25, -0.2) is 4.79 Å². The summed E-state index contributed by atoms with van der Waals surface area (Å²) in [5.74, 6) is 1.05. The van der Waals surface area contributed by atoms with Crippen molar-refractivity contribution in [3.8, 4) is 5.75 Å². The molecule has 2 heterocycles. The van der Waals surface area contributed by atoms with Crippen LogP contribution in [0.1, 0.15) is 11.8 Å². The van der Waals surface area contributed by atoms with Crippen LogP contribution in [0.15, 0.2) is 59.2 Å². The van der Waals surface area contributed by atoms with Crippen molar-refractivity contribution in [3.05, 3.63) is 60.6 Å². The fourth-order valence-electron chi connectivity index (χ4n) is 2.28. The first kappa shape index (κ1) is 13.3. The minimum Gasteiger partial charge on any atom is -0.495 e. The van der Waals surface area contributed by atoms with Gasteiger partial charge in [-0.2, -0.15) is 0 Å². The van der Waals surface area contributed by atoms with E-state index in [0.717, 1.165) is 5.69 Å². The van der Waals surface area contributed by atoms with Gasteiger partial charge in [0.25, 0.3) is 0 Å². The van der Waals surface area contributed by atoms with E-state index in [1.165, 1.54) is 6.08 Å². The summed E-state index contributed by atoms with van der Waals surface area (Å²) >= 11 is 0. The SMILES string of the molecule is COc1ccccc1N[C@@H](c1ccco1)[C@H]1C=CC(=O)O1.